The van der Waals surface area contributed by atoms with Gasteiger partial charge in [0.2, 0.25) is 5.91 Å². The average Bonchev–Trinajstić information content (AvgIpc) is 2.97. The fraction of sp³-hybridized carbons (Fsp3) is 0.643. The van der Waals surface area contributed by atoms with Gasteiger partial charge in [0, 0.05) is 23.4 Å². The minimum absolute atomic E-state index is 0. The molecule has 2 heterocycles. The minimum Gasteiger partial charge on any atom is -0.355 e. The van der Waals surface area contributed by atoms with Crippen LogP contribution in [-0.2, 0) is 10.2 Å². The van der Waals surface area contributed by atoms with Crippen LogP contribution >= 0.6 is 23.7 Å². The van der Waals surface area contributed by atoms with E-state index in [1.54, 1.807) is 11.3 Å². The normalized spacial score (nSPS) is 22.9. The zero-order chi connectivity index (χ0) is 13.2. The highest BCUT2D eigenvalue weighted by molar-refractivity contribution is 7.10. The summed E-state index contributed by atoms with van der Waals surface area (Å²) in [6, 6.07) is 4.20. The molecule has 19 heavy (non-hydrogen) atoms. The van der Waals surface area contributed by atoms with Crippen molar-refractivity contribution in [2.24, 2.45) is 5.41 Å². The van der Waals surface area contributed by atoms with Crippen molar-refractivity contribution in [1.29, 1.82) is 0 Å². The summed E-state index contributed by atoms with van der Waals surface area (Å²) >= 11 is 1.75. The second-order valence-electron chi connectivity index (χ2n) is 6.03. The Labute approximate surface area is 125 Å². The Balaban J connectivity index is 0.00000180. The van der Waals surface area contributed by atoms with E-state index in [2.05, 4.69) is 42.0 Å². The number of amides is 1. The Hall–Kier alpha value is -0.580. The quantitative estimate of drug-likeness (QED) is 0.897. The van der Waals surface area contributed by atoms with Crippen molar-refractivity contribution in [2.75, 3.05) is 19.6 Å². The SMILES string of the molecule is CC1(C(=O)NCC(C)(C)c2cccs2)CCNC1.Cl. The lowest BCUT2D eigenvalue weighted by Gasteiger charge is -2.27. The first-order valence-corrected chi connectivity index (χ1v) is 7.35. The van der Waals surface area contributed by atoms with Crippen molar-refractivity contribution in [2.45, 2.75) is 32.6 Å². The van der Waals surface area contributed by atoms with Gasteiger partial charge in [0.25, 0.3) is 0 Å². The zero-order valence-corrected chi connectivity index (χ0v) is 13.4. The largest absolute Gasteiger partial charge is 0.355 e. The Kier molecular flexibility index (Phi) is 5.42. The van der Waals surface area contributed by atoms with E-state index in [9.17, 15) is 4.79 Å². The number of hydrogen-bond acceptors (Lipinski definition) is 3. The van der Waals surface area contributed by atoms with Crippen molar-refractivity contribution in [3.05, 3.63) is 22.4 Å². The van der Waals surface area contributed by atoms with E-state index in [0.29, 0.717) is 6.54 Å². The second-order valence-corrected chi connectivity index (χ2v) is 6.98. The van der Waals surface area contributed by atoms with Gasteiger partial charge in [-0.1, -0.05) is 19.9 Å². The molecule has 0 aliphatic carbocycles. The van der Waals surface area contributed by atoms with Gasteiger partial charge in [-0.25, -0.2) is 0 Å². The lowest BCUT2D eigenvalue weighted by Crippen LogP contribution is -2.44. The van der Waals surface area contributed by atoms with Gasteiger partial charge in [-0.3, -0.25) is 4.79 Å². The summed E-state index contributed by atoms with van der Waals surface area (Å²) in [5.41, 5.74) is -0.224. The van der Waals surface area contributed by atoms with Crippen LogP contribution in [-0.4, -0.2) is 25.5 Å². The highest BCUT2D eigenvalue weighted by Gasteiger charge is 2.37. The van der Waals surface area contributed by atoms with Gasteiger partial charge in [-0.2, -0.15) is 0 Å². The van der Waals surface area contributed by atoms with Crippen molar-refractivity contribution >= 4 is 29.7 Å². The first kappa shape index (κ1) is 16.5. The van der Waals surface area contributed by atoms with Crippen LogP contribution in [0.4, 0.5) is 0 Å². The van der Waals surface area contributed by atoms with Crippen LogP contribution < -0.4 is 10.6 Å². The molecule has 0 aromatic carbocycles. The molecule has 1 aliphatic heterocycles. The van der Waals surface area contributed by atoms with E-state index in [4.69, 9.17) is 0 Å². The molecular weight excluding hydrogens is 280 g/mol. The Bertz CT molecular complexity index is 411. The number of carbonyl (C=O) groups excluding carboxylic acids is 1. The van der Waals surface area contributed by atoms with Crippen LogP contribution in [0, 0.1) is 5.41 Å². The number of thiophene rings is 1. The van der Waals surface area contributed by atoms with Crippen molar-refractivity contribution < 1.29 is 4.79 Å². The van der Waals surface area contributed by atoms with Gasteiger partial charge in [-0.05, 0) is 31.3 Å². The molecule has 0 saturated carbocycles. The van der Waals surface area contributed by atoms with Crippen LogP contribution in [0.25, 0.3) is 0 Å². The summed E-state index contributed by atoms with van der Waals surface area (Å²) in [7, 11) is 0. The maximum absolute atomic E-state index is 12.2. The van der Waals surface area contributed by atoms with Crippen LogP contribution in [0.5, 0.6) is 0 Å². The molecule has 0 bridgehead atoms. The molecule has 2 N–H and O–H groups in total. The number of carbonyl (C=O) groups is 1. The van der Waals surface area contributed by atoms with Crippen LogP contribution in [0.1, 0.15) is 32.1 Å². The summed E-state index contributed by atoms with van der Waals surface area (Å²) in [5.74, 6) is 0.178. The van der Waals surface area contributed by atoms with Gasteiger partial charge in [0.15, 0.2) is 0 Å². The third kappa shape index (κ3) is 3.71. The van der Waals surface area contributed by atoms with E-state index in [1.807, 2.05) is 6.92 Å². The van der Waals surface area contributed by atoms with Crippen molar-refractivity contribution in [1.82, 2.24) is 10.6 Å². The summed E-state index contributed by atoms with van der Waals surface area (Å²) < 4.78 is 0. The highest BCUT2D eigenvalue weighted by Crippen LogP contribution is 2.28. The van der Waals surface area contributed by atoms with E-state index < -0.39 is 0 Å². The first-order chi connectivity index (χ1) is 8.44. The lowest BCUT2D eigenvalue weighted by atomic mass is 9.87. The molecule has 0 radical (unpaired) electrons. The van der Waals surface area contributed by atoms with Gasteiger partial charge >= 0.3 is 0 Å². The molecule has 3 nitrogen and oxygen atoms in total. The summed E-state index contributed by atoms with van der Waals surface area (Å²) in [5, 5.41) is 8.47. The van der Waals surface area contributed by atoms with Gasteiger partial charge in [-0.15, -0.1) is 23.7 Å². The number of rotatable bonds is 4. The standard InChI is InChI=1S/C14H22N2OS.ClH/c1-13(2,11-5-4-8-18-11)9-16-12(17)14(3)6-7-15-10-14;/h4-5,8,15H,6-7,9-10H2,1-3H3,(H,16,17);1H. The molecule has 5 heteroatoms. The topological polar surface area (TPSA) is 41.1 Å². The molecule has 108 valence electrons. The third-order valence-corrected chi connectivity index (χ3v) is 5.03. The fourth-order valence-electron chi connectivity index (χ4n) is 2.28. The van der Waals surface area contributed by atoms with E-state index in [1.165, 1.54) is 4.88 Å². The fourth-order valence-corrected chi connectivity index (χ4v) is 3.13. The van der Waals surface area contributed by atoms with Crippen LogP contribution in [0.15, 0.2) is 17.5 Å². The predicted octanol–water partition coefficient (Wildman–Crippen LogP) is 2.56. The van der Waals surface area contributed by atoms with Crippen LogP contribution in [0.3, 0.4) is 0 Å². The summed E-state index contributed by atoms with van der Waals surface area (Å²) in [6.07, 6.45) is 0.929. The minimum atomic E-state index is -0.231. The van der Waals surface area contributed by atoms with E-state index in [0.717, 1.165) is 19.5 Å². The monoisotopic (exact) mass is 302 g/mol. The predicted molar refractivity (Wildman–Crippen MR) is 83.2 cm³/mol. The van der Waals surface area contributed by atoms with Gasteiger partial charge in [0.1, 0.15) is 0 Å². The smallest absolute Gasteiger partial charge is 0.227 e. The maximum Gasteiger partial charge on any atom is 0.227 e. The number of halogens is 1. The maximum atomic E-state index is 12.2. The molecule has 0 spiro atoms. The second kappa shape index (κ2) is 6.25. The average molecular weight is 303 g/mol. The highest BCUT2D eigenvalue weighted by atomic mass is 35.5. The molecule has 1 aromatic heterocycles. The zero-order valence-electron chi connectivity index (χ0n) is 11.8. The van der Waals surface area contributed by atoms with E-state index >= 15 is 0 Å². The summed E-state index contributed by atoms with van der Waals surface area (Å²) in [6.45, 7) is 8.82. The molecule has 1 unspecified atom stereocenters. The van der Waals surface area contributed by atoms with Gasteiger partial charge < -0.3 is 10.6 Å². The Morgan fingerprint density at radius 2 is 2.32 bits per heavy atom. The number of nitrogens with one attached hydrogen (secondary N) is 2. The van der Waals surface area contributed by atoms with Gasteiger partial charge in [0.05, 0.1) is 5.41 Å². The molecule has 1 fully saturated rings. The number of hydrogen-bond donors (Lipinski definition) is 2. The Morgan fingerprint density at radius 1 is 1.58 bits per heavy atom. The van der Waals surface area contributed by atoms with Crippen LogP contribution in [0.2, 0.25) is 0 Å². The molecule has 1 amide bonds. The molecule has 1 atom stereocenters. The first-order valence-electron chi connectivity index (χ1n) is 6.47. The van der Waals surface area contributed by atoms with E-state index in [-0.39, 0.29) is 29.1 Å². The van der Waals surface area contributed by atoms with Crippen molar-refractivity contribution in [3.63, 3.8) is 0 Å². The molecule has 1 saturated heterocycles. The lowest BCUT2D eigenvalue weighted by molar-refractivity contribution is -0.129. The molecule has 2 rings (SSSR count). The molecule has 1 aliphatic rings. The Morgan fingerprint density at radius 3 is 2.84 bits per heavy atom. The summed E-state index contributed by atoms with van der Waals surface area (Å²) in [4.78, 5) is 13.6. The molecule has 1 aromatic rings. The molecular formula is C14H23ClN2OS. The van der Waals surface area contributed by atoms with Crippen molar-refractivity contribution in [3.8, 4) is 0 Å². The third-order valence-electron chi connectivity index (χ3n) is 3.80.